The van der Waals surface area contributed by atoms with Crippen LogP contribution >= 0.6 is 0 Å². The number of aromatic nitrogens is 1. The Balaban J connectivity index is 1.59. The number of pyridine rings is 1. The molecule has 0 aliphatic carbocycles. The Kier molecular flexibility index (Phi) is 5.26. The molecule has 0 saturated carbocycles. The largest absolute Gasteiger partial charge is 0.455 e. The molecule has 186 valence electrons. The van der Waals surface area contributed by atoms with E-state index in [1.165, 1.54) is 60.3 Å². The monoisotopic (exact) mass is 488 g/mol. The molecule has 37 heavy (non-hydrogen) atoms. The van der Waals surface area contributed by atoms with Crippen molar-refractivity contribution in [1.82, 2.24) is 0 Å². The molecular formula is C34H34NO2+. The van der Waals surface area contributed by atoms with Crippen LogP contribution in [-0.4, -0.2) is 13.2 Å². The molecular weight excluding hydrogens is 454 g/mol. The van der Waals surface area contributed by atoms with E-state index in [0.29, 0.717) is 11.8 Å². The van der Waals surface area contributed by atoms with Crippen LogP contribution in [0.15, 0.2) is 60.8 Å². The fourth-order valence-electron chi connectivity index (χ4n) is 6.82. The SMILES string of the molecule is Cc1c2c(c(CC(C)C)c3ccccc13)Oc1cc3c(C4CCOCC4)cccc3c3cc[n+](C)c-2c13. The summed E-state index contributed by atoms with van der Waals surface area (Å²) in [6, 6.07) is 20.3. The minimum atomic E-state index is 0.528. The molecule has 3 heterocycles. The third kappa shape index (κ3) is 3.40. The zero-order chi connectivity index (χ0) is 25.3. The standard InChI is InChI=1S/C34H34NO2/c1-20(2)18-29-25-9-6-5-8-23(25)21(3)31-33-32-27(12-15-35(33)4)26-11-7-10-24(22-13-16-36-17-14-22)28(26)19-30(32)37-34(29)31/h5-12,15,19-20,22H,13-14,16-18H2,1-4H3/q+1. The van der Waals surface area contributed by atoms with Crippen molar-refractivity contribution in [1.29, 1.82) is 0 Å². The predicted molar refractivity (Wildman–Crippen MR) is 152 cm³/mol. The van der Waals surface area contributed by atoms with Crippen molar-refractivity contribution >= 4 is 32.3 Å². The van der Waals surface area contributed by atoms with Crippen molar-refractivity contribution in [2.45, 2.75) is 46.0 Å². The van der Waals surface area contributed by atoms with Gasteiger partial charge in [0, 0.05) is 30.2 Å². The summed E-state index contributed by atoms with van der Waals surface area (Å²) < 4.78 is 15.0. The van der Waals surface area contributed by atoms with Crippen molar-refractivity contribution < 1.29 is 14.0 Å². The quantitative estimate of drug-likeness (QED) is 0.185. The summed E-state index contributed by atoms with van der Waals surface area (Å²) in [6.07, 6.45) is 5.37. The van der Waals surface area contributed by atoms with E-state index < -0.39 is 0 Å². The maximum absolute atomic E-state index is 7.04. The van der Waals surface area contributed by atoms with Gasteiger partial charge in [-0.3, -0.25) is 0 Å². The van der Waals surface area contributed by atoms with Gasteiger partial charge in [-0.1, -0.05) is 56.3 Å². The van der Waals surface area contributed by atoms with Gasteiger partial charge in [0.15, 0.2) is 6.20 Å². The molecule has 3 heteroatoms. The first-order valence-corrected chi connectivity index (χ1v) is 13.7. The normalized spacial score (nSPS) is 15.5. The molecule has 0 N–H and O–H groups in total. The van der Waals surface area contributed by atoms with Gasteiger partial charge < -0.3 is 9.47 Å². The van der Waals surface area contributed by atoms with Crippen molar-refractivity contribution in [3.8, 4) is 22.8 Å². The molecule has 5 aromatic rings. The van der Waals surface area contributed by atoms with Crippen molar-refractivity contribution in [3.63, 3.8) is 0 Å². The second kappa shape index (κ2) is 8.56. The first-order valence-electron chi connectivity index (χ1n) is 13.7. The summed E-state index contributed by atoms with van der Waals surface area (Å²) >= 11 is 0. The second-order valence-electron chi connectivity index (χ2n) is 11.3. The molecule has 1 aromatic heterocycles. The highest BCUT2D eigenvalue weighted by Gasteiger charge is 2.34. The lowest BCUT2D eigenvalue weighted by atomic mass is 9.84. The zero-order valence-corrected chi connectivity index (χ0v) is 22.2. The fraction of sp³-hybridized carbons (Fsp3) is 0.324. The third-order valence-corrected chi connectivity index (χ3v) is 8.53. The maximum atomic E-state index is 7.04. The summed E-state index contributed by atoms with van der Waals surface area (Å²) in [7, 11) is 2.17. The molecule has 7 rings (SSSR count). The molecule has 1 fully saturated rings. The number of benzene rings is 4. The van der Waals surface area contributed by atoms with E-state index in [1.54, 1.807) is 0 Å². The molecule has 0 amide bonds. The Morgan fingerprint density at radius 2 is 1.65 bits per heavy atom. The van der Waals surface area contributed by atoms with Gasteiger partial charge >= 0.3 is 0 Å². The van der Waals surface area contributed by atoms with E-state index >= 15 is 0 Å². The lowest BCUT2D eigenvalue weighted by Gasteiger charge is -2.27. The van der Waals surface area contributed by atoms with E-state index in [9.17, 15) is 0 Å². The zero-order valence-electron chi connectivity index (χ0n) is 22.2. The van der Waals surface area contributed by atoms with E-state index in [0.717, 1.165) is 44.0 Å². The minimum absolute atomic E-state index is 0.528. The summed E-state index contributed by atoms with van der Waals surface area (Å²) in [5.74, 6) is 3.09. The number of rotatable bonds is 3. The van der Waals surface area contributed by atoms with Gasteiger partial charge in [0.05, 0.1) is 10.9 Å². The second-order valence-corrected chi connectivity index (χ2v) is 11.3. The Bertz CT molecular complexity index is 1710. The van der Waals surface area contributed by atoms with Gasteiger partial charge in [-0.15, -0.1) is 0 Å². The fourth-order valence-corrected chi connectivity index (χ4v) is 6.82. The molecule has 3 nitrogen and oxygen atoms in total. The average molecular weight is 489 g/mol. The van der Waals surface area contributed by atoms with Crippen LogP contribution in [0.3, 0.4) is 0 Å². The van der Waals surface area contributed by atoms with Gasteiger partial charge in [-0.25, -0.2) is 4.57 Å². The highest BCUT2D eigenvalue weighted by Crippen LogP contribution is 2.52. The molecule has 0 unspecified atom stereocenters. The number of hydrogen-bond donors (Lipinski definition) is 0. The van der Waals surface area contributed by atoms with Crippen molar-refractivity contribution in [2.75, 3.05) is 13.2 Å². The number of aryl methyl sites for hydroxylation is 2. The predicted octanol–water partition coefficient (Wildman–Crippen LogP) is 8.14. The Hall–Kier alpha value is -3.43. The smallest absolute Gasteiger partial charge is 0.228 e. The van der Waals surface area contributed by atoms with Crippen molar-refractivity contribution in [3.05, 3.63) is 77.5 Å². The van der Waals surface area contributed by atoms with Crippen LogP contribution < -0.4 is 9.30 Å². The lowest BCUT2D eigenvalue weighted by Crippen LogP contribution is -2.32. The molecule has 0 atom stereocenters. The lowest BCUT2D eigenvalue weighted by molar-refractivity contribution is -0.659. The number of ether oxygens (including phenoxy) is 2. The van der Waals surface area contributed by atoms with Crippen LogP contribution in [0.2, 0.25) is 0 Å². The maximum Gasteiger partial charge on any atom is 0.228 e. The van der Waals surface area contributed by atoms with Crippen LogP contribution in [0, 0.1) is 12.8 Å². The molecule has 0 spiro atoms. The number of nitrogens with zero attached hydrogens (tertiary/aromatic N) is 1. The van der Waals surface area contributed by atoms with Crippen molar-refractivity contribution in [2.24, 2.45) is 13.0 Å². The third-order valence-electron chi connectivity index (χ3n) is 8.53. The van der Waals surface area contributed by atoms with Gasteiger partial charge in [-0.05, 0) is 76.8 Å². The summed E-state index contributed by atoms with van der Waals surface area (Å²) in [5.41, 5.74) is 6.56. The molecule has 2 aliphatic heterocycles. The Labute approximate surface area is 218 Å². The van der Waals surface area contributed by atoms with Gasteiger partial charge in [0.25, 0.3) is 0 Å². The van der Waals surface area contributed by atoms with Crippen LogP contribution in [-0.2, 0) is 18.2 Å². The first-order chi connectivity index (χ1) is 18.0. The minimum Gasteiger partial charge on any atom is -0.455 e. The first kappa shape index (κ1) is 22.7. The van der Waals surface area contributed by atoms with E-state index in [-0.39, 0.29) is 0 Å². The Morgan fingerprint density at radius 1 is 0.892 bits per heavy atom. The topological polar surface area (TPSA) is 22.3 Å². The number of hydrogen-bond acceptors (Lipinski definition) is 2. The summed E-state index contributed by atoms with van der Waals surface area (Å²) in [6.45, 7) is 8.54. The highest BCUT2D eigenvalue weighted by atomic mass is 16.5. The average Bonchev–Trinajstić information content (AvgIpc) is 2.92. The number of fused-ring (bicyclic) bond motifs is 5. The summed E-state index contributed by atoms with van der Waals surface area (Å²) in [5, 5.41) is 7.78. The van der Waals surface area contributed by atoms with E-state index in [4.69, 9.17) is 9.47 Å². The molecule has 4 aromatic carbocycles. The van der Waals surface area contributed by atoms with Crippen LogP contribution in [0.1, 0.15) is 49.3 Å². The Morgan fingerprint density at radius 3 is 2.43 bits per heavy atom. The van der Waals surface area contributed by atoms with Crippen LogP contribution in [0.25, 0.3) is 43.6 Å². The highest BCUT2D eigenvalue weighted by molar-refractivity contribution is 6.16. The van der Waals surface area contributed by atoms with Crippen LogP contribution in [0.5, 0.6) is 11.5 Å². The van der Waals surface area contributed by atoms with Gasteiger partial charge in [0.2, 0.25) is 5.69 Å². The van der Waals surface area contributed by atoms with E-state index in [2.05, 4.69) is 93.2 Å². The molecule has 0 radical (unpaired) electrons. The summed E-state index contributed by atoms with van der Waals surface area (Å²) in [4.78, 5) is 0. The molecule has 2 aliphatic rings. The van der Waals surface area contributed by atoms with Gasteiger partial charge in [0.1, 0.15) is 18.5 Å². The van der Waals surface area contributed by atoms with Crippen LogP contribution in [0.4, 0.5) is 0 Å². The molecule has 1 saturated heterocycles. The molecule has 0 bridgehead atoms. The van der Waals surface area contributed by atoms with Gasteiger partial charge in [-0.2, -0.15) is 0 Å². The van der Waals surface area contributed by atoms with E-state index in [1.807, 2.05) is 0 Å².